The lowest BCUT2D eigenvalue weighted by atomic mass is 10.1. The molecule has 0 fully saturated rings. The van der Waals surface area contributed by atoms with Gasteiger partial charge in [0.15, 0.2) is 0 Å². The van der Waals surface area contributed by atoms with Gasteiger partial charge in [0.1, 0.15) is 5.75 Å². The third-order valence-electron chi connectivity index (χ3n) is 3.09. The molecular formula is C15H12N2O2S. The summed E-state index contributed by atoms with van der Waals surface area (Å²) in [5.74, 6) is 0.640. The summed E-state index contributed by atoms with van der Waals surface area (Å²) in [5, 5.41) is 0.877. The first-order valence-electron chi connectivity index (χ1n) is 6.01. The van der Waals surface area contributed by atoms with E-state index in [1.54, 1.807) is 43.8 Å². The van der Waals surface area contributed by atoms with Gasteiger partial charge in [0.05, 0.1) is 22.4 Å². The van der Waals surface area contributed by atoms with Gasteiger partial charge in [-0.2, -0.15) is 0 Å². The van der Waals surface area contributed by atoms with Crippen LogP contribution < -0.4 is 10.5 Å². The van der Waals surface area contributed by atoms with Crippen molar-refractivity contribution in [1.29, 1.82) is 0 Å². The number of aromatic nitrogens is 1. The van der Waals surface area contributed by atoms with Crippen LogP contribution in [0.2, 0.25) is 0 Å². The third kappa shape index (κ3) is 2.02. The zero-order valence-electron chi connectivity index (χ0n) is 10.8. The van der Waals surface area contributed by atoms with Crippen molar-refractivity contribution in [1.82, 2.24) is 4.98 Å². The fourth-order valence-corrected chi connectivity index (χ4v) is 3.07. The van der Waals surface area contributed by atoms with Gasteiger partial charge in [-0.3, -0.25) is 9.78 Å². The standard InChI is InChI=1S/C15H12N2O2S/c1-19-10-4-2-9(3-5-10)14(18)15-13(16)11-6-7-17-8-12(11)20-15/h2-8H,16H2,1H3. The van der Waals surface area contributed by atoms with Crippen LogP contribution in [0.25, 0.3) is 10.1 Å². The van der Waals surface area contributed by atoms with E-state index in [-0.39, 0.29) is 5.78 Å². The molecule has 0 spiro atoms. The quantitative estimate of drug-likeness (QED) is 0.750. The number of fused-ring (bicyclic) bond motifs is 1. The smallest absolute Gasteiger partial charge is 0.205 e. The monoisotopic (exact) mass is 284 g/mol. The molecule has 100 valence electrons. The predicted molar refractivity (Wildman–Crippen MR) is 80.5 cm³/mol. The van der Waals surface area contributed by atoms with E-state index in [9.17, 15) is 4.79 Å². The number of thiophene rings is 1. The number of ether oxygens (including phenoxy) is 1. The molecule has 0 radical (unpaired) electrons. The van der Waals surface area contributed by atoms with E-state index in [1.807, 2.05) is 6.07 Å². The number of carbonyl (C=O) groups excluding carboxylic acids is 1. The number of benzene rings is 1. The van der Waals surface area contributed by atoms with Gasteiger partial charge in [0, 0.05) is 23.3 Å². The Bertz CT molecular complexity index is 778. The Morgan fingerprint density at radius 3 is 2.65 bits per heavy atom. The Labute approximate surface area is 119 Å². The van der Waals surface area contributed by atoms with Gasteiger partial charge >= 0.3 is 0 Å². The summed E-state index contributed by atoms with van der Waals surface area (Å²) in [6, 6.07) is 8.83. The summed E-state index contributed by atoms with van der Waals surface area (Å²) in [4.78, 5) is 17.1. The Balaban J connectivity index is 2.05. The zero-order chi connectivity index (χ0) is 14.1. The number of nitrogens with zero attached hydrogens (tertiary/aromatic N) is 1. The summed E-state index contributed by atoms with van der Waals surface area (Å²) in [6.45, 7) is 0. The Hall–Kier alpha value is -2.40. The molecule has 0 bridgehead atoms. The molecule has 0 aliphatic heterocycles. The minimum absolute atomic E-state index is 0.0775. The third-order valence-corrected chi connectivity index (χ3v) is 4.24. The van der Waals surface area contributed by atoms with Crippen LogP contribution in [0.15, 0.2) is 42.7 Å². The molecule has 1 aromatic carbocycles. The highest BCUT2D eigenvalue weighted by Gasteiger charge is 2.17. The second kappa shape index (κ2) is 4.94. The van der Waals surface area contributed by atoms with Gasteiger partial charge in [0.2, 0.25) is 5.78 Å². The molecule has 2 heterocycles. The maximum atomic E-state index is 12.5. The van der Waals surface area contributed by atoms with Crippen LogP contribution in [0.3, 0.4) is 0 Å². The molecule has 0 aliphatic rings. The van der Waals surface area contributed by atoms with Crippen molar-refractivity contribution >= 4 is 32.9 Å². The first-order valence-corrected chi connectivity index (χ1v) is 6.83. The summed E-state index contributed by atoms with van der Waals surface area (Å²) in [7, 11) is 1.59. The largest absolute Gasteiger partial charge is 0.497 e. The minimum Gasteiger partial charge on any atom is -0.497 e. The molecule has 5 heteroatoms. The molecule has 0 aliphatic carbocycles. The highest BCUT2D eigenvalue weighted by Crippen LogP contribution is 2.34. The fraction of sp³-hybridized carbons (Fsp3) is 0.0667. The van der Waals surface area contributed by atoms with Gasteiger partial charge in [0.25, 0.3) is 0 Å². The molecule has 2 aromatic heterocycles. The van der Waals surface area contributed by atoms with Gasteiger partial charge in [-0.05, 0) is 30.3 Å². The fourth-order valence-electron chi connectivity index (χ4n) is 2.01. The molecule has 0 atom stereocenters. The SMILES string of the molecule is COc1ccc(C(=O)c2sc3cnccc3c2N)cc1. The highest BCUT2D eigenvalue weighted by atomic mass is 32.1. The number of carbonyl (C=O) groups is 1. The van der Waals surface area contributed by atoms with Crippen molar-refractivity contribution in [2.45, 2.75) is 0 Å². The van der Waals surface area contributed by atoms with E-state index < -0.39 is 0 Å². The van der Waals surface area contributed by atoms with E-state index in [0.29, 0.717) is 16.1 Å². The number of rotatable bonds is 3. The lowest BCUT2D eigenvalue weighted by Crippen LogP contribution is -2.01. The Kier molecular flexibility index (Phi) is 3.12. The maximum Gasteiger partial charge on any atom is 0.205 e. The summed E-state index contributed by atoms with van der Waals surface area (Å²) in [5.41, 5.74) is 7.19. The number of anilines is 1. The Morgan fingerprint density at radius 2 is 2.00 bits per heavy atom. The summed E-state index contributed by atoms with van der Waals surface area (Å²) >= 11 is 1.37. The average molecular weight is 284 g/mol. The van der Waals surface area contributed by atoms with Crippen molar-refractivity contribution in [3.8, 4) is 5.75 Å². The molecule has 4 nitrogen and oxygen atoms in total. The number of ketones is 1. The number of hydrogen-bond donors (Lipinski definition) is 1. The van der Waals surface area contributed by atoms with E-state index in [2.05, 4.69) is 4.98 Å². The molecule has 0 amide bonds. The lowest BCUT2D eigenvalue weighted by molar-refractivity contribution is 0.104. The van der Waals surface area contributed by atoms with Crippen LogP contribution in [0, 0.1) is 0 Å². The predicted octanol–water partition coefficient (Wildman–Crippen LogP) is 3.12. The number of nitrogens with two attached hydrogens (primary N) is 1. The molecule has 3 aromatic rings. The van der Waals surface area contributed by atoms with Gasteiger partial charge in [-0.25, -0.2) is 0 Å². The average Bonchev–Trinajstić information content (AvgIpc) is 2.84. The van der Waals surface area contributed by atoms with Crippen molar-refractivity contribution < 1.29 is 9.53 Å². The summed E-state index contributed by atoms with van der Waals surface area (Å²) in [6.07, 6.45) is 3.40. The number of pyridine rings is 1. The topological polar surface area (TPSA) is 65.2 Å². The normalized spacial score (nSPS) is 10.7. The molecule has 3 rings (SSSR count). The number of nitrogen functional groups attached to an aromatic ring is 1. The Morgan fingerprint density at radius 1 is 1.25 bits per heavy atom. The number of hydrogen-bond acceptors (Lipinski definition) is 5. The van der Waals surface area contributed by atoms with Crippen LogP contribution >= 0.6 is 11.3 Å². The first-order chi connectivity index (χ1) is 9.70. The van der Waals surface area contributed by atoms with Crippen molar-refractivity contribution in [2.75, 3.05) is 12.8 Å². The molecule has 20 heavy (non-hydrogen) atoms. The van der Waals surface area contributed by atoms with E-state index >= 15 is 0 Å². The van der Waals surface area contributed by atoms with E-state index in [4.69, 9.17) is 10.5 Å². The van der Waals surface area contributed by atoms with Crippen molar-refractivity contribution in [2.24, 2.45) is 0 Å². The van der Waals surface area contributed by atoms with Gasteiger partial charge in [-0.15, -0.1) is 11.3 Å². The van der Waals surface area contributed by atoms with Crippen LogP contribution in [-0.2, 0) is 0 Å². The van der Waals surface area contributed by atoms with Crippen molar-refractivity contribution in [3.63, 3.8) is 0 Å². The molecule has 2 N–H and O–H groups in total. The van der Waals surface area contributed by atoms with Crippen LogP contribution in [0.1, 0.15) is 15.2 Å². The summed E-state index contributed by atoms with van der Waals surface area (Å²) < 4.78 is 6.00. The maximum absolute atomic E-state index is 12.5. The molecule has 0 saturated carbocycles. The minimum atomic E-state index is -0.0775. The lowest BCUT2D eigenvalue weighted by Gasteiger charge is -2.02. The van der Waals surface area contributed by atoms with E-state index in [1.165, 1.54) is 11.3 Å². The number of methoxy groups -OCH3 is 1. The first kappa shape index (κ1) is 12.6. The zero-order valence-corrected chi connectivity index (χ0v) is 11.6. The second-order valence-corrected chi connectivity index (χ2v) is 5.33. The van der Waals surface area contributed by atoms with Crippen LogP contribution in [0.5, 0.6) is 5.75 Å². The molecule has 0 unspecified atom stereocenters. The van der Waals surface area contributed by atoms with Crippen molar-refractivity contribution in [3.05, 3.63) is 53.2 Å². The molecule has 0 saturated heterocycles. The highest BCUT2D eigenvalue weighted by molar-refractivity contribution is 7.21. The van der Waals surface area contributed by atoms with Crippen LogP contribution in [-0.4, -0.2) is 17.9 Å². The van der Waals surface area contributed by atoms with Crippen LogP contribution in [0.4, 0.5) is 5.69 Å². The second-order valence-electron chi connectivity index (χ2n) is 4.27. The van der Waals surface area contributed by atoms with Gasteiger partial charge < -0.3 is 10.5 Å². The van der Waals surface area contributed by atoms with Gasteiger partial charge in [-0.1, -0.05) is 0 Å². The molecular weight excluding hydrogens is 272 g/mol. The van der Waals surface area contributed by atoms with E-state index in [0.717, 1.165) is 15.8 Å².